The van der Waals surface area contributed by atoms with Crippen LogP contribution in [0.5, 0.6) is 0 Å². The Kier molecular flexibility index (Phi) is 3.61. The number of amides is 1. The van der Waals surface area contributed by atoms with Crippen molar-refractivity contribution in [2.45, 2.75) is 45.1 Å². The van der Waals surface area contributed by atoms with E-state index in [9.17, 15) is 9.59 Å². The number of aliphatic carboxylic acids is 1. The maximum absolute atomic E-state index is 11.9. The Hall–Kier alpha value is -1.10. The molecule has 0 bridgehead atoms. The lowest BCUT2D eigenvalue weighted by Crippen LogP contribution is -2.42. The zero-order valence-corrected chi connectivity index (χ0v) is 10.9. The molecule has 1 saturated carbocycles. The van der Waals surface area contributed by atoms with Crippen LogP contribution in [-0.2, 0) is 9.59 Å². The number of carbonyl (C=O) groups is 2. The molecule has 0 unspecified atom stereocenters. The molecular formula is C13H22N2O3. The van der Waals surface area contributed by atoms with E-state index < -0.39 is 12.0 Å². The molecule has 1 aliphatic heterocycles. The maximum Gasteiger partial charge on any atom is 0.306 e. The van der Waals surface area contributed by atoms with E-state index in [0.717, 1.165) is 45.2 Å². The van der Waals surface area contributed by atoms with E-state index in [1.165, 1.54) is 0 Å². The van der Waals surface area contributed by atoms with Crippen molar-refractivity contribution in [2.75, 3.05) is 13.1 Å². The van der Waals surface area contributed by atoms with Crippen molar-refractivity contribution in [1.29, 1.82) is 0 Å². The van der Waals surface area contributed by atoms with Crippen molar-refractivity contribution in [3.05, 3.63) is 0 Å². The Balaban J connectivity index is 1.93. The molecule has 1 spiro atoms. The molecule has 2 aliphatic rings. The molecule has 102 valence electrons. The summed E-state index contributed by atoms with van der Waals surface area (Å²) in [6.45, 7) is 3.26. The molecule has 1 atom stereocenters. The smallest absolute Gasteiger partial charge is 0.306 e. The molecule has 5 nitrogen and oxygen atoms in total. The molecule has 0 aromatic heterocycles. The zero-order chi connectivity index (χ0) is 13.3. The Labute approximate surface area is 107 Å². The van der Waals surface area contributed by atoms with Gasteiger partial charge in [-0.1, -0.05) is 0 Å². The fraction of sp³-hybridized carbons (Fsp3) is 0.846. The minimum atomic E-state index is -0.675. The number of nitrogens with two attached hydrogens (primary N) is 1. The number of nitrogens with zero attached hydrogens (tertiary/aromatic N) is 1. The molecule has 1 saturated heterocycles. The van der Waals surface area contributed by atoms with E-state index in [1.807, 2.05) is 4.90 Å². The van der Waals surface area contributed by atoms with Gasteiger partial charge in [0, 0.05) is 13.1 Å². The van der Waals surface area contributed by atoms with Crippen LogP contribution in [0.15, 0.2) is 0 Å². The summed E-state index contributed by atoms with van der Waals surface area (Å²) in [4.78, 5) is 24.6. The molecule has 2 rings (SSSR count). The highest BCUT2D eigenvalue weighted by molar-refractivity contribution is 5.81. The van der Waals surface area contributed by atoms with Gasteiger partial charge in [0.25, 0.3) is 0 Å². The molecule has 0 radical (unpaired) electrons. The molecule has 5 heteroatoms. The lowest BCUT2D eigenvalue weighted by molar-refractivity contribution is -0.143. The van der Waals surface area contributed by atoms with E-state index in [0.29, 0.717) is 0 Å². The highest BCUT2D eigenvalue weighted by Crippen LogP contribution is 2.45. The van der Waals surface area contributed by atoms with Crippen LogP contribution in [-0.4, -0.2) is 41.0 Å². The summed E-state index contributed by atoms with van der Waals surface area (Å²) in [6, 6.07) is -0.435. The molecule has 18 heavy (non-hydrogen) atoms. The van der Waals surface area contributed by atoms with Crippen molar-refractivity contribution in [1.82, 2.24) is 4.90 Å². The number of likely N-dealkylation sites (tertiary alicyclic amines) is 1. The highest BCUT2D eigenvalue weighted by atomic mass is 16.4. The van der Waals surface area contributed by atoms with Crippen LogP contribution in [0.3, 0.4) is 0 Å². The van der Waals surface area contributed by atoms with Crippen molar-refractivity contribution in [2.24, 2.45) is 17.1 Å². The quantitative estimate of drug-likeness (QED) is 0.764. The molecule has 1 heterocycles. The van der Waals surface area contributed by atoms with Crippen LogP contribution >= 0.6 is 0 Å². The van der Waals surface area contributed by atoms with Gasteiger partial charge in [-0.3, -0.25) is 9.59 Å². The van der Waals surface area contributed by atoms with Gasteiger partial charge in [-0.2, -0.15) is 0 Å². The summed E-state index contributed by atoms with van der Waals surface area (Å²) in [5, 5.41) is 9.00. The number of rotatable bonds is 2. The van der Waals surface area contributed by atoms with Gasteiger partial charge in [-0.05, 0) is 44.4 Å². The van der Waals surface area contributed by atoms with E-state index in [4.69, 9.17) is 10.8 Å². The normalized spacial score (nSPS) is 33.7. The van der Waals surface area contributed by atoms with Crippen LogP contribution in [0.1, 0.15) is 39.0 Å². The number of hydrogen-bond donors (Lipinski definition) is 2. The second kappa shape index (κ2) is 4.88. The minimum absolute atomic E-state index is 0.0206. The summed E-state index contributed by atoms with van der Waals surface area (Å²) >= 11 is 0. The lowest BCUT2D eigenvalue weighted by atomic mass is 9.70. The van der Waals surface area contributed by atoms with Gasteiger partial charge in [0.1, 0.15) is 0 Å². The van der Waals surface area contributed by atoms with Crippen LogP contribution in [0.25, 0.3) is 0 Å². The predicted octanol–water partition coefficient (Wildman–Crippen LogP) is 0.827. The zero-order valence-electron chi connectivity index (χ0n) is 10.9. The standard InChI is InChI=1S/C13H22N2O3/c1-9(14)11(16)15-7-6-13(8-15)4-2-10(3-5-13)12(17)18/h9-10H,2-8,14H2,1H3,(H,17,18)/t9-,10?,13?/m0/s1. The van der Waals surface area contributed by atoms with Crippen molar-refractivity contribution >= 4 is 11.9 Å². The van der Waals surface area contributed by atoms with Gasteiger partial charge < -0.3 is 15.7 Å². The van der Waals surface area contributed by atoms with Gasteiger partial charge in [-0.25, -0.2) is 0 Å². The number of carbonyl (C=O) groups excluding carboxylic acids is 1. The summed E-state index contributed by atoms with van der Waals surface area (Å²) < 4.78 is 0. The van der Waals surface area contributed by atoms with Gasteiger partial charge in [-0.15, -0.1) is 0 Å². The molecule has 1 aliphatic carbocycles. The number of carboxylic acid groups (broad SMARTS) is 1. The van der Waals surface area contributed by atoms with Crippen LogP contribution < -0.4 is 5.73 Å². The van der Waals surface area contributed by atoms with E-state index >= 15 is 0 Å². The molecule has 2 fully saturated rings. The van der Waals surface area contributed by atoms with Gasteiger partial charge in [0.15, 0.2) is 0 Å². The third kappa shape index (κ3) is 2.51. The van der Waals surface area contributed by atoms with Gasteiger partial charge in [0.2, 0.25) is 5.91 Å². The topological polar surface area (TPSA) is 83.6 Å². The van der Waals surface area contributed by atoms with Crippen molar-refractivity contribution < 1.29 is 14.7 Å². The van der Waals surface area contributed by atoms with Gasteiger partial charge >= 0.3 is 5.97 Å². The minimum Gasteiger partial charge on any atom is -0.481 e. The van der Waals surface area contributed by atoms with Gasteiger partial charge in [0.05, 0.1) is 12.0 Å². The second-order valence-electron chi connectivity index (χ2n) is 5.91. The largest absolute Gasteiger partial charge is 0.481 e. The average molecular weight is 254 g/mol. The molecular weight excluding hydrogens is 232 g/mol. The lowest BCUT2D eigenvalue weighted by Gasteiger charge is -2.35. The fourth-order valence-electron chi connectivity index (χ4n) is 3.30. The molecule has 3 N–H and O–H groups in total. The first-order valence-electron chi connectivity index (χ1n) is 6.71. The van der Waals surface area contributed by atoms with Crippen LogP contribution in [0.2, 0.25) is 0 Å². The Morgan fingerprint density at radius 3 is 2.44 bits per heavy atom. The van der Waals surface area contributed by atoms with E-state index in [2.05, 4.69) is 0 Å². The summed E-state index contributed by atoms with van der Waals surface area (Å²) in [7, 11) is 0. The summed E-state index contributed by atoms with van der Waals surface area (Å²) in [5.74, 6) is -0.840. The van der Waals surface area contributed by atoms with Crippen LogP contribution in [0.4, 0.5) is 0 Å². The van der Waals surface area contributed by atoms with E-state index in [1.54, 1.807) is 6.92 Å². The van der Waals surface area contributed by atoms with Crippen molar-refractivity contribution in [3.63, 3.8) is 0 Å². The Morgan fingerprint density at radius 1 is 1.33 bits per heavy atom. The highest BCUT2D eigenvalue weighted by Gasteiger charge is 2.43. The molecule has 0 aromatic rings. The first-order chi connectivity index (χ1) is 8.43. The van der Waals surface area contributed by atoms with E-state index in [-0.39, 0.29) is 17.2 Å². The average Bonchev–Trinajstić information content (AvgIpc) is 2.72. The number of hydrogen-bond acceptors (Lipinski definition) is 3. The fourth-order valence-corrected chi connectivity index (χ4v) is 3.30. The first-order valence-corrected chi connectivity index (χ1v) is 6.71. The molecule has 0 aromatic carbocycles. The van der Waals surface area contributed by atoms with Crippen molar-refractivity contribution in [3.8, 4) is 0 Å². The summed E-state index contributed by atoms with van der Waals surface area (Å²) in [5.41, 5.74) is 5.79. The Morgan fingerprint density at radius 2 is 1.94 bits per heavy atom. The summed E-state index contributed by atoms with van der Waals surface area (Å²) in [6.07, 6.45) is 4.34. The maximum atomic E-state index is 11.9. The third-order valence-corrected chi connectivity index (χ3v) is 4.54. The van der Waals surface area contributed by atoms with Crippen LogP contribution in [0, 0.1) is 11.3 Å². The first kappa shape index (κ1) is 13.3. The number of carboxylic acids is 1. The third-order valence-electron chi connectivity index (χ3n) is 4.54. The monoisotopic (exact) mass is 254 g/mol. The predicted molar refractivity (Wildman–Crippen MR) is 66.9 cm³/mol. The Bertz CT molecular complexity index is 346. The second-order valence-corrected chi connectivity index (χ2v) is 5.91. The molecule has 1 amide bonds. The SMILES string of the molecule is C[C@H](N)C(=O)N1CCC2(CCC(C(=O)O)CC2)C1.